The number of aromatic nitrogens is 1. The van der Waals surface area contributed by atoms with Crippen LogP contribution in [0.4, 0.5) is 4.53 Å². The summed E-state index contributed by atoms with van der Waals surface area (Å²) in [7, 11) is 0. The number of hydrogen-bond acceptors (Lipinski definition) is 3. The van der Waals surface area contributed by atoms with E-state index in [-0.39, 0.29) is 0 Å². The highest BCUT2D eigenvalue weighted by Gasteiger charge is 2.15. The highest BCUT2D eigenvalue weighted by molar-refractivity contribution is 6.31. The Hall–Kier alpha value is -3.10. The number of carbonyl (C=O) groups excluding carboxylic acids is 1. The van der Waals surface area contributed by atoms with Crippen molar-refractivity contribution < 1.29 is 14.3 Å². The Morgan fingerprint density at radius 3 is 2.67 bits per heavy atom. The highest BCUT2D eigenvalue weighted by Crippen LogP contribution is 2.29. The fourth-order valence-corrected chi connectivity index (χ4v) is 2.64. The molecule has 0 atom stereocenters. The molecule has 24 heavy (non-hydrogen) atoms. The first-order valence-corrected chi connectivity index (χ1v) is 7.32. The molecule has 0 bridgehead atoms. The van der Waals surface area contributed by atoms with Gasteiger partial charge in [0.05, 0.1) is 5.52 Å². The van der Waals surface area contributed by atoms with Crippen LogP contribution in [0.1, 0.15) is 5.56 Å². The van der Waals surface area contributed by atoms with Crippen LogP contribution in [-0.2, 0) is 9.74 Å². The lowest BCUT2D eigenvalue weighted by molar-refractivity contribution is -0.177. The van der Waals surface area contributed by atoms with Crippen LogP contribution in [0.15, 0.2) is 60.3 Å². The summed E-state index contributed by atoms with van der Waals surface area (Å²) >= 11 is 6.09. The van der Waals surface area contributed by atoms with Gasteiger partial charge in [0.1, 0.15) is 11.6 Å². The highest BCUT2D eigenvalue weighted by atomic mass is 35.5. The minimum absolute atomic E-state index is 0.431. The number of para-hydroxylation sites is 1. The molecule has 118 valence electrons. The lowest BCUT2D eigenvalue weighted by Crippen LogP contribution is -1.99. The zero-order valence-corrected chi connectivity index (χ0v) is 13.0. The van der Waals surface area contributed by atoms with Gasteiger partial charge in [-0.2, -0.15) is 5.26 Å². The minimum atomic E-state index is -1.33. The molecule has 1 aromatic heterocycles. The maximum atomic E-state index is 12.1. The number of benzene rings is 2. The standard InChI is InChI=1S/C18H10ClFN2O2/c19-14-6-7-16-13(8-12(10-21)18(23)24-20)11-22(17(16)9-14)15-4-2-1-3-5-15/h1-9,11H/b12-8+. The van der Waals surface area contributed by atoms with Crippen molar-refractivity contribution in [1.29, 1.82) is 5.26 Å². The van der Waals surface area contributed by atoms with Crippen molar-refractivity contribution in [3.05, 3.63) is 70.9 Å². The summed E-state index contributed by atoms with van der Waals surface area (Å²) in [5.74, 6) is -1.33. The summed E-state index contributed by atoms with van der Waals surface area (Å²) in [6, 6.07) is 16.4. The van der Waals surface area contributed by atoms with Crippen LogP contribution in [0.3, 0.4) is 0 Å². The Morgan fingerprint density at radius 2 is 2.00 bits per heavy atom. The van der Waals surface area contributed by atoms with Crippen molar-refractivity contribution >= 4 is 34.5 Å². The maximum Gasteiger partial charge on any atom is 0.390 e. The van der Waals surface area contributed by atoms with Crippen molar-refractivity contribution in [1.82, 2.24) is 4.57 Å². The Bertz CT molecular complexity index is 987. The molecule has 0 spiro atoms. The molecule has 0 saturated heterocycles. The van der Waals surface area contributed by atoms with E-state index in [4.69, 9.17) is 16.9 Å². The molecular formula is C18H10ClFN2O2. The Labute approximate surface area is 141 Å². The van der Waals surface area contributed by atoms with Gasteiger partial charge in [0.15, 0.2) is 0 Å². The minimum Gasteiger partial charge on any atom is -0.316 e. The molecule has 0 aliphatic carbocycles. The summed E-state index contributed by atoms with van der Waals surface area (Å²) < 4.78 is 14.0. The van der Waals surface area contributed by atoms with Gasteiger partial charge in [-0.1, -0.05) is 35.9 Å². The summed E-state index contributed by atoms with van der Waals surface area (Å²) in [6.45, 7) is 0. The summed E-state index contributed by atoms with van der Waals surface area (Å²) in [5.41, 5.74) is 1.83. The molecule has 0 amide bonds. The summed E-state index contributed by atoms with van der Waals surface area (Å²) in [4.78, 5) is 14.4. The molecule has 0 fully saturated rings. The molecule has 6 heteroatoms. The second-order valence-electron chi connectivity index (χ2n) is 4.99. The smallest absolute Gasteiger partial charge is 0.316 e. The van der Waals surface area contributed by atoms with E-state index in [0.717, 1.165) is 16.6 Å². The molecule has 0 aliphatic heterocycles. The van der Waals surface area contributed by atoms with E-state index in [2.05, 4.69) is 4.94 Å². The fourth-order valence-electron chi connectivity index (χ4n) is 2.48. The second kappa shape index (κ2) is 6.57. The van der Waals surface area contributed by atoms with Gasteiger partial charge in [-0.15, -0.1) is 0 Å². The number of nitrogens with zero attached hydrogens (tertiary/aromatic N) is 2. The van der Waals surface area contributed by atoms with Crippen molar-refractivity contribution in [2.45, 2.75) is 0 Å². The van der Waals surface area contributed by atoms with Crippen molar-refractivity contribution in [2.24, 2.45) is 0 Å². The number of nitriles is 1. The molecule has 0 aliphatic rings. The molecular weight excluding hydrogens is 331 g/mol. The first-order valence-electron chi connectivity index (χ1n) is 6.95. The van der Waals surface area contributed by atoms with Crippen LogP contribution < -0.4 is 0 Å². The van der Waals surface area contributed by atoms with Gasteiger partial charge in [-0.3, -0.25) is 0 Å². The van der Waals surface area contributed by atoms with Gasteiger partial charge in [-0.05, 0) is 30.3 Å². The van der Waals surface area contributed by atoms with Crippen molar-refractivity contribution in [3.8, 4) is 11.8 Å². The first-order chi connectivity index (χ1) is 11.6. The first kappa shape index (κ1) is 15.8. The lowest BCUT2D eigenvalue weighted by atomic mass is 10.1. The molecule has 4 nitrogen and oxygen atoms in total. The summed E-state index contributed by atoms with van der Waals surface area (Å²) in [5, 5.41) is 10.3. The Balaban J connectivity index is 2.26. The number of hydrogen-bond donors (Lipinski definition) is 0. The average molecular weight is 341 g/mol. The van der Waals surface area contributed by atoms with Gasteiger partial charge in [0, 0.05) is 32.4 Å². The third-order valence-electron chi connectivity index (χ3n) is 3.54. The van der Waals surface area contributed by atoms with Gasteiger partial charge >= 0.3 is 5.97 Å². The van der Waals surface area contributed by atoms with Crippen LogP contribution in [0.5, 0.6) is 0 Å². The maximum absolute atomic E-state index is 12.1. The fraction of sp³-hybridized carbons (Fsp3) is 0. The van der Waals surface area contributed by atoms with E-state index in [9.17, 15) is 9.32 Å². The number of fused-ring (bicyclic) bond motifs is 1. The molecule has 2 aromatic carbocycles. The third kappa shape index (κ3) is 2.87. The molecule has 3 aromatic rings. The van der Waals surface area contributed by atoms with Crippen LogP contribution in [-0.4, -0.2) is 10.5 Å². The average Bonchev–Trinajstić information content (AvgIpc) is 2.97. The number of rotatable bonds is 3. The Morgan fingerprint density at radius 1 is 1.25 bits per heavy atom. The van der Waals surface area contributed by atoms with Crippen LogP contribution in [0, 0.1) is 11.3 Å². The molecule has 3 rings (SSSR count). The number of halogens is 2. The van der Waals surface area contributed by atoms with Gasteiger partial charge in [0.25, 0.3) is 0 Å². The normalized spacial score (nSPS) is 11.3. The molecule has 0 unspecified atom stereocenters. The SMILES string of the molecule is N#C/C(=C\c1cn(-c2ccccc2)c2cc(Cl)ccc12)C(=O)OF. The zero-order chi connectivity index (χ0) is 17.1. The van der Waals surface area contributed by atoms with E-state index in [0.29, 0.717) is 10.6 Å². The van der Waals surface area contributed by atoms with Crippen LogP contribution >= 0.6 is 11.6 Å². The molecule has 0 radical (unpaired) electrons. The molecule has 1 heterocycles. The predicted molar refractivity (Wildman–Crippen MR) is 89.1 cm³/mol. The second-order valence-corrected chi connectivity index (χ2v) is 5.42. The van der Waals surface area contributed by atoms with Crippen molar-refractivity contribution in [2.75, 3.05) is 0 Å². The number of carbonyl (C=O) groups is 1. The van der Waals surface area contributed by atoms with Gasteiger partial charge in [0.2, 0.25) is 0 Å². The summed E-state index contributed by atoms with van der Waals surface area (Å²) in [6.07, 6.45) is 3.04. The molecule has 0 N–H and O–H groups in total. The predicted octanol–water partition coefficient (Wildman–Crippen LogP) is 4.62. The quantitative estimate of drug-likeness (QED) is 0.516. The van der Waals surface area contributed by atoms with Crippen molar-refractivity contribution in [3.63, 3.8) is 0 Å². The van der Waals surface area contributed by atoms with E-state index in [1.807, 2.05) is 34.9 Å². The largest absolute Gasteiger partial charge is 0.390 e. The zero-order valence-electron chi connectivity index (χ0n) is 12.2. The van der Waals surface area contributed by atoms with E-state index in [1.165, 1.54) is 6.08 Å². The molecule has 0 saturated carbocycles. The van der Waals surface area contributed by atoms with E-state index >= 15 is 0 Å². The third-order valence-corrected chi connectivity index (χ3v) is 3.78. The van der Waals surface area contributed by atoms with Gasteiger partial charge < -0.3 is 4.57 Å². The van der Waals surface area contributed by atoms with Crippen LogP contribution in [0.25, 0.3) is 22.7 Å². The monoisotopic (exact) mass is 340 g/mol. The van der Waals surface area contributed by atoms with Crippen LogP contribution in [0.2, 0.25) is 5.02 Å². The lowest BCUT2D eigenvalue weighted by Gasteiger charge is -2.04. The topological polar surface area (TPSA) is 55.0 Å². The van der Waals surface area contributed by atoms with E-state index < -0.39 is 11.5 Å². The van der Waals surface area contributed by atoms with Gasteiger partial charge in [-0.25, -0.2) is 9.74 Å². The van der Waals surface area contributed by atoms with E-state index in [1.54, 1.807) is 30.5 Å². The Kier molecular flexibility index (Phi) is 4.32.